The standard InChI is InChI=1S/C20H25FN2O3S/c1-4-15(5-2)13-22-20(24)19-12-18(11-6-14(19)3)27(25,26)23-17-9-7-16(21)8-10-17/h6-12,15,23H,4-5,13H2,1-3H3,(H,22,24). The van der Waals surface area contributed by atoms with Crippen molar-refractivity contribution in [2.24, 2.45) is 5.92 Å². The van der Waals surface area contributed by atoms with Crippen LogP contribution in [0, 0.1) is 18.7 Å². The van der Waals surface area contributed by atoms with Gasteiger partial charge in [-0.25, -0.2) is 12.8 Å². The zero-order valence-corrected chi connectivity index (χ0v) is 16.6. The minimum atomic E-state index is -3.89. The van der Waals surface area contributed by atoms with Gasteiger partial charge in [-0.2, -0.15) is 0 Å². The third-order valence-electron chi connectivity index (χ3n) is 4.57. The van der Waals surface area contributed by atoms with Crippen LogP contribution in [-0.4, -0.2) is 20.9 Å². The quantitative estimate of drug-likeness (QED) is 0.710. The molecule has 27 heavy (non-hydrogen) atoms. The maximum absolute atomic E-state index is 13.0. The van der Waals surface area contributed by atoms with E-state index in [1.54, 1.807) is 13.0 Å². The summed E-state index contributed by atoms with van der Waals surface area (Å²) in [5.41, 5.74) is 1.26. The fourth-order valence-electron chi connectivity index (χ4n) is 2.65. The number of sulfonamides is 1. The van der Waals surface area contributed by atoms with E-state index in [2.05, 4.69) is 23.9 Å². The molecular weight excluding hydrogens is 367 g/mol. The Bertz CT molecular complexity index is 892. The maximum Gasteiger partial charge on any atom is 0.261 e. The summed E-state index contributed by atoms with van der Waals surface area (Å²) in [6, 6.07) is 9.43. The molecule has 2 aromatic carbocycles. The Morgan fingerprint density at radius 1 is 1.07 bits per heavy atom. The van der Waals surface area contributed by atoms with E-state index in [1.165, 1.54) is 36.4 Å². The summed E-state index contributed by atoms with van der Waals surface area (Å²) >= 11 is 0. The second-order valence-corrected chi connectivity index (χ2v) is 8.16. The van der Waals surface area contributed by atoms with Gasteiger partial charge in [-0.05, 0) is 54.8 Å². The molecule has 0 heterocycles. The van der Waals surface area contributed by atoms with Gasteiger partial charge in [0.1, 0.15) is 5.82 Å². The van der Waals surface area contributed by atoms with Gasteiger partial charge >= 0.3 is 0 Å². The zero-order valence-electron chi connectivity index (χ0n) is 15.8. The Kier molecular flexibility index (Phi) is 6.96. The SMILES string of the molecule is CCC(CC)CNC(=O)c1cc(S(=O)(=O)Nc2ccc(F)cc2)ccc1C. The van der Waals surface area contributed by atoms with Crippen molar-refractivity contribution in [3.05, 3.63) is 59.4 Å². The number of aryl methyl sites for hydroxylation is 1. The topological polar surface area (TPSA) is 75.3 Å². The summed E-state index contributed by atoms with van der Waals surface area (Å²) < 4.78 is 40.6. The lowest BCUT2D eigenvalue weighted by molar-refractivity contribution is 0.0945. The Balaban J connectivity index is 2.22. The van der Waals surface area contributed by atoms with Crippen LogP contribution in [0.25, 0.3) is 0 Å². The molecule has 0 atom stereocenters. The predicted octanol–water partition coefficient (Wildman–Crippen LogP) is 4.10. The number of nitrogens with one attached hydrogen (secondary N) is 2. The summed E-state index contributed by atoms with van der Waals surface area (Å²) in [7, 11) is -3.89. The molecule has 0 bridgehead atoms. The molecule has 5 nitrogen and oxygen atoms in total. The first-order valence-electron chi connectivity index (χ1n) is 8.94. The van der Waals surface area contributed by atoms with Crippen LogP contribution >= 0.6 is 0 Å². The van der Waals surface area contributed by atoms with Crippen molar-refractivity contribution in [3.63, 3.8) is 0 Å². The van der Waals surface area contributed by atoms with Crippen LogP contribution in [-0.2, 0) is 10.0 Å². The third kappa shape index (κ3) is 5.53. The third-order valence-corrected chi connectivity index (χ3v) is 5.95. The van der Waals surface area contributed by atoms with Crippen LogP contribution in [0.4, 0.5) is 10.1 Å². The molecule has 0 aromatic heterocycles. The van der Waals surface area contributed by atoms with Crippen molar-refractivity contribution in [1.29, 1.82) is 0 Å². The summed E-state index contributed by atoms with van der Waals surface area (Å²) in [6.45, 7) is 6.45. The second kappa shape index (κ2) is 8.99. The average Bonchev–Trinajstić information content (AvgIpc) is 2.64. The van der Waals surface area contributed by atoms with Crippen molar-refractivity contribution in [1.82, 2.24) is 5.32 Å². The normalized spacial score (nSPS) is 11.4. The fraction of sp³-hybridized carbons (Fsp3) is 0.350. The minimum absolute atomic E-state index is 0.0230. The molecule has 0 unspecified atom stereocenters. The number of amides is 1. The number of halogens is 1. The first kappa shape index (κ1) is 20.9. The number of anilines is 1. The highest BCUT2D eigenvalue weighted by molar-refractivity contribution is 7.92. The van der Waals surface area contributed by atoms with Crippen LogP contribution in [0.3, 0.4) is 0 Å². The zero-order chi connectivity index (χ0) is 20.0. The number of carbonyl (C=O) groups is 1. The number of benzene rings is 2. The monoisotopic (exact) mass is 392 g/mol. The summed E-state index contributed by atoms with van der Waals surface area (Å²) in [4.78, 5) is 12.5. The van der Waals surface area contributed by atoms with E-state index in [4.69, 9.17) is 0 Å². The van der Waals surface area contributed by atoms with Crippen LogP contribution in [0.15, 0.2) is 47.4 Å². The molecule has 2 aromatic rings. The van der Waals surface area contributed by atoms with Crippen LogP contribution < -0.4 is 10.0 Å². The molecule has 2 N–H and O–H groups in total. The molecule has 1 amide bonds. The molecule has 0 fully saturated rings. The predicted molar refractivity (Wildman–Crippen MR) is 105 cm³/mol. The van der Waals surface area contributed by atoms with E-state index >= 15 is 0 Å². The number of rotatable bonds is 8. The highest BCUT2D eigenvalue weighted by atomic mass is 32.2. The minimum Gasteiger partial charge on any atom is -0.352 e. The molecule has 2 rings (SSSR count). The number of hydrogen-bond acceptors (Lipinski definition) is 3. The molecule has 0 saturated heterocycles. The lowest BCUT2D eigenvalue weighted by Crippen LogP contribution is -2.29. The van der Waals surface area contributed by atoms with Gasteiger partial charge in [0, 0.05) is 17.8 Å². The Hall–Kier alpha value is -2.41. The van der Waals surface area contributed by atoms with Gasteiger partial charge in [0.25, 0.3) is 15.9 Å². The molecule has 146 valence electrons. The largest absolute Gasteiger partial charge is 0.352 e. The average molecular weight is 392 g/mol. The van der Waals surface area contributed by atoms with Crippen LogP contribution in [0.5, 0.6) is 0 Å². The Morgan fingerprint density at radius 2 is 1.70 bits per heavy atom. The van der Waals surface area contributed by atoms with E-state index in [1.807, 2.05) is 0 Å². The van der Waals surface area contributed by atoms with Gasteiger partial charge in [0.05, 0.1) is 4.90 Å². The second-order valence-electron chi connectivity index (χ2n) is 6.48. The van der Waals surface area contributed by atoms with E-state index in [0.29, 0.717) is 23.6 Å². The van der Waals surface area contributed by atoms with E-state index < -0.39 is 15.8 Å². The van der Waals surface area contributed by atoms with E-state index in [-0.39, 0.29) is 16.5 Å². The maximum atomic E-state index is 13.0. The van der Waals surface area contributed by atoms with Gasteiger partial charge in [0.15, 0.2) is 0 Å². The first-order valence-corrected chi connectivity index (χ1v) is 10.4. The van der Waals surface area contributed by atoms with Crippen molar-refractivity contribution in [2.45, 2.75) is 38.5 Å². The van der Waals surface area contributed by atoms with E-state index in [9.17, 15) is 17.6 Å². The molecule has 0 aliphatic carbocycles. The summed E-state index contributed by atoms with van der Waals surface area (Å²) in [5, 5.41) is 2.88. The molecule has 0 spiro atoms. The fourth-order valence-corrected chi connectivity index (χ4v) is 3.74. The summed E-state index contributed by atoms with van der Waals surface area (Å²) in [5.74, 6) is -0.357. The van der Waals surface area contributed by atoms with Crippen molar-refractivity contribution in [2.75, 3.05) is 11.3 Å². The number of carbonyl (C=O) groups excluding carboxylic acids is 1. The van der Waals surface area contributed by atoms with Crippen molar-refractivity contribution >= 4 is 21.6 Å². The van der Waals surface area contributed by atoms with Crippen LogP contribution in [0.1, 0.15) is 42.6 Å². The van der Waals surface area contributed by atoms with Gasteiger partial charge in [-0.3, -0.25) is 9.52 Å². The van der Waals surface area contributed by atoms with Gasteiger partial charge in [-0.15, -0.1) is 0 Å². The Morgan fingerprint density at radius 3 is 2.30 bits per heavy atom. The van der Waals surface area contributed by atoms with Gasteiger partial charge in [0.2, 0.25) is 0 Å². The highest BCUT2D eigenvalue weighted by Gasteiger charge is 2.19. The smallest absolute Gasteiger partial charge is 0.261 e. The summed E-state index contributed by atoms with van der Waals surface area (Å²) in [6.07, 6.45) is 1.93. The molecule has 0 aliphatic rings. The van der Waals surface area contributed by atoms with Crippen LogP contribution in [0.2, 0.25) is 0 Å². The van der Waals surface area contributed by atoms with Gasteiger partial charge in [-0.1, -0.05) is 32.8 Å². The lowest BCUT2D eigenvalue weighted by atomic mass is 10.0. The molecule has 0 saturated carbocycles. The van der Waals surface area contributed by atoms with Gasteiger partial charge < -0.3 is 5.32 Å². The number of hydrogen-bond donors (Lipinski definition) is 2. The first-order chi connectivity index (χ1) is 12.8. The molecular formula is C20H25FN2O3S. The highest BCUT2D eigenvalue weighted by Crippen LogP contribution is 2.20. The van der Waals surface area contributed by atoms with Crippen molar-refractivity contribution < 1.29 is 17.6 Å². The van der Waals surface area contributed by atoms with Crippen molar-refractivity contribution in [3.8, 4) is 0 Å². The molecule has 7 heteroatoms. The Labute approximate surface area is 160 Å². The lowest BCUT2D eigenvalue weighted by Gasteiger charge is -2.15. The van der Waals surface area contributed by atoms with E-state index in [0.717, 1.165) is 12.8 Å². The molecule has 0 radical (unpaired) electrons. The molecule has 0 aliphatic heterocycles.